The molecule has 38 heavy (non-hydrogen) atoms. The molecule has 3 N–H and O–H groups in total. The van der Waals surface area contributed by atoms with E-state index in [1.165, 1.54) is 30.3 Å². The molecule has 2 aliphatic heterocycles. The van der Waals surface area contributed by atoms with Crippen molar-refractivity contribution in [3.05, 3.63) is 77.0 Å². The zero-order valence-corrected chi connectivity index (χ0v) is 21.4. The van der Waals surface area contributed by atoms with E-state index in [4.69, 9.17) is 4.74 Å². The second-order valence-corrected chi connectivity index (χ2v) is 11.8. The maximum absolute atomic E-state index is 14.0. The second kappa shape index (κ2) is 8.88. The standard InChI is InChI=1S/C25H24F3N5O4S/c1-24(2,3)16-6-8-17(9-7-16)38(35,36)33-13-15-5-11-20(25(26,27)28)30-21(15)29-18-10-4-14(12-19(18)33)22-31-32-23(34)37-22/h4-12,22,31H,13H2,1-3H3,(H,29,30)(H,32,34). The molecule has 1 amide bonds. The van der Waals surface area contributed by atoms with Crippen molar-refractivity contribution in [3.8, 4) is 0 Å². The largest absolute Gasteiger partial charge is 0.433 e. The van der Waals surface area contributed by atoms with E-state index in [-0.39, 0.29) is 39.6 Å². The van der Waals surface area contributed by atoms with Gasteiger partial charge in [-0.15, -0.1) is 0 Å². The Balaban J connectivity index is 1.64. The smallest absolute Gasteiger partial charge is 0.423 e. The van der Waals surface area contributed by atoms with Gasteiger partial charge in [-0.2, -0.15) is 18.6 Å². The molecule has 1 unspecified atom stereocenters. The number of sulfonamides is 1. The van der Waals surface area contributed by atoms with Gasteiger partial charge in [-0.1, -0.05) is 45.0 Å². The number of fused-ring (bicyclic) bond motifs is 2. The van der Waals surface area contributed by atoms with Gasteiger partial charge in [0.25, 0.3) is 10.0 Å². The van der Waals surface area contributed by atoms with Crippen LogP contribution in [0.1, 0.15) is 49.4 Å². The lowest BCUT2D eigenvalue weighted by molar-refractivity contribution is -0.141. The number of carbonyl (C=O) groups is 1. The van der Waals surface area contributed by atoms with Gasteiger partial charge in [0.15, 0.2) is 6.23 Å². The minimum absolute atomic E-state index is 0.0114. The number of hydrogen-bond acceptors (Lipinski definition) is 7. The maximum Gasteiger partial charge on any atom is 0.433 e. The van der Waals surface area contributed by atoms with Gasteiger partial charge in [-0.3, -0.25) is 9.73 Å². The lowest BCUT2D eigenvalue weighted by atomic mass is 9.87. The SMILES string of the molecule is CC(C)(C)c1ccc(S(=O)(=O)N2Cc3ccc(C(F)(F)F)nc3Nc3ccc(C4NNC(=O)O4)cc32)cc1. The molecule has 2 aliphatic rings. The number of benzene rings is 2. The molecule has 200 valence electrons. The van der Waals surface area contributed by atoms with Crippen molar-refractivity contribution < 1.29 is 31.1 Å². The molecule has 0 aliphatic carbocycles. The van der Waals surface area contributed by atoms with Crippen molar-refractivity contribution in [2.75, 3.05) is 9.62 Å². The van der Waals surface area contributed by atoms with E-state index < -0.39 is 34.2 Å². The molecule has 13 heteroatoms. The first-order valence-electron chi connectivity index (χ1n) is 11.6. The first-order chi connectivity index (χ1) is 17.7. The number of hydrazine groups is 1. The van der Waals surface area contributed by atoms with E-state index in [0.717, 1.165) is 15.9 Å². The molecule has 0 saturated carbocycles. The van der Waals surface area contributed by atoms with E-state index in [9.17, 15) is 26.4 Å². The first-order valence-corrected chi connectivity index (χ1v) is 13.0. The van der Waals surface area contributed by atoms with Gasteiger partial charge in [0.2, 0.25) is 0 Å². The summed E-state index contributed by atoms with van der Waals surface area (Å²) in [4.78, 5) is 15.3. The number of rotatable bonds is 3. The molecule has 0 radical (unpaired) electrons. The molecular formula is C25H24F3N5O4S. The topological polar surface area (TPSA) is 113 Å². The Hall–Kier alpha value is -3.84. The molecule has 1 saturated heterocycles. The minimum atomic E-state index is -4.68. The van der Waals surface area contributed by atoms with Crippen LogP contribution in [0.25, 0.3) is 0 Å². The number of aromatic nitrogens is 1. The summed E-state index contributed by atoms with van der Waals surface area (Å²) >= 11 is 0. The number of alkyl halides is 3. The third-order valence-electron chi connectivity index (χ3n) is 6.27. The van der Waals surface area contributed by atoms with Gasteiger partial charge in [0.1, 0.15) is 11.5 Å². The third-order valence-corrected chi connectivity index (χ3v) is 8.04. The van der Waals surface area contributed by atoms with Crippen molar-refractivity contribution in [1.29, 1.82) is 0 Å². The van der Waals surface area contributed by atoms with E-state index in [1.807, 2.05) is 20.8 Å². The summed E-state index contributed by atoms with van der Waals surface area (Å²) in [5.41, 5.74) is 5.61. The Morgan fingerprint density at radius 2 is 1.74 bits per heavy atom. The van der Waals surface area contributed by atoms with Crippen LogP contribution in [-0.4, -0.2) is 19.5 Å². The van der Waals surface area contributed by atoms with Crippen LogP contribution >= 0.6 is 0 Å². The third kappa shape index (κ3) is 4.74. The number of ether oxygens (including phenoxy) is 1. The molecule has 0 spiro atoms. The van der Waals surface area contributed by atoms with E-state index in [0.29, 0.717) is 5.56 Å². The highest BCUT2D eigenvalue weighted by Gasteiger charge is 2.36. The van der Waals surface area contributed by atoms with Crippen molar-refractivity contribution >= 4 is 33.3 Å². The maximum atomic E-state index is 14.0. The van der Waals surface area contributed by atoms with Crippen molar-refractivity contribution in [2.24, 2.45) is 0 Å². The zero-order valence-electron chi connectivity index (χ0n) is 20.6. The van der Waals surface area contributed by atoms with Crippen LogP contribution in [0.3, 0.4) is 0 Å². The van der Waals surface area contributed by atoms with E-state index in [2.05, 4.69) is 21.2 Å². The predicted octanol–water partition coefficient (Wildman–Crippen LogP) is 5.09. The predicted molar refractivity (Wildman–Crippen MR) is 133 cm³/mol. The fraction of sp³-hybridized carbons (Fsp3) is 0.280. The summed E-state index contributed by atoms with van der Waals surface area (Å²) < 4.78 is 74.3. The molecule has 1 fully saturated rings. The van der Waals surface area contributed by atoms with Crippen LogP contribution in [0.4, 0.5) is 35.2 Å². The Labute approximate surface area is 217 Å². The lowest BCUT2D eigenvalue weighted by Gasteiger charge is -2.26. The Morgan fingerprint density at radius 1 is 1.03 bits per heavy atom. The molecule has 2 aromatic carbocycles. The number of cyclic esters (lactones) is 1. The van der Waals surface area contributed by atoms with Gasteiger partial charge in [0.05, 0.1) is 22.8 Å². The number of nitrogens with one attached hydrogen (secondary N) is 3. The average Bonchev–Trinajstić information content (AvgIpc) is 3.20. The van der Waals surface area contributed by atoms with Crippen LogP contribution in [-0.2, 0) is 32.9 Å². The highest BCUT2D eigenvalue weighted by Crippen LogP contribution is 2.41. The molecule has 9 nitrogen and oxygen atoms in total. The molecule has 3 heterocycles. The van der Waals surface area contributed by atoms with Crippen molar-refractivity contribution in [3.63, 3.8) is 0 Å². The molecule has 1 atom stereocenters. The summed E-state index contributed by atoms with van der Waals surface area (Å²) in [5, 5.41) is 2.86. The summed E-state index contributed by atoms with van der Waals surface area (Å²) in [5.74, 6) is -0.110. The Morgan fingerprint density at radius 3 is 2.34 bits per heavy atom. The van der Waals surface area contributed by atoms with Crippen LogP contribution in [0.15, 0.2) is 59.5 Å². The fourth-order valence-corrected chi connectivity index (χ4v) is 5.64. The molecule has 1 aromatic heterocycles. The Bertz CT molecular complexity index is 1520. The van der Waals surface area contributed by atoms with Crippen LogP contribution in [0.5, 0.6) is 0 Å². The fourth-order valence-electron chi connectivity index (χ4n) is 4.18. The highest BCUT2D eigenvalue weighted by atomic mass is 32.2. The van der Waals surface area contributed by atoms with Crippen molar-refractivity contribution in [2.45, 2.75) is 50.0 Å². The quantitative estimate of drug-likeness (QED) is 0.419. The van der Waals surface area contributed by atoms with Crippen molar-refractivity contribution in [1.82, 2.24) is 15.8 Å². The van der Waals surface area contributed by atoms with Gasteiger partial charge in [-0.25, -0.2) is 18.2 Å². The summed E-state index contributed by atoms with van der Waals surface area (Å²) in [6.07, 6.45) is -6.28. The van der Waals surface area contributed by atoms with E-state index >= 15 is 0 Å². The highest BCUT2D eigenvalue weighted by molar-refractivity contribution is 7.92. The number of hydrogen-bond donors (Lipinski definition) is 3. The first kappa shape index (κ1) is 25.8. The number of nitrogens with zero attached hydrogens (tertiary/aromatic N) is 2. The number of carbonyl (C=O) groups excluding carboxylic acids is 1. The van der Waals surface area contributed by atoms with E-state index in [1.54, 1.807) is 18.2 Å². The monoisotopic (exact) mass is 547 g/mol. The molecule has 5 rings (SSSR count). The lowest BCUT2D eigenvalue weighted by Crippen LogP contribution is -2.31. The number of amides is 1. The second-order valence-electron chi connectivity index (χ2n) is 9.94. The number of halogens is 3. The number of pyridine rings is 1. The summed E-state index contributed by atoms with van der Waals surface area (Å²) in [6, 6.07) is 13.1. The van der Waals surface area contributed by atoms with Gasteiger partial charge < -0.3 is 10.1 Å². The van der Waals surface area contributed by atoms with Crippen LogP contribution in [0, 0.1) is 0 Å². The average molecular weight is 548 g/mol. The molecule has 0 bridgehead atoms. The molecular weight excluding hydrogens is 523 g/mol. The van der Waals surface area contributed by atoms with Gasteiger partial charge in [0, 0.05) is 11.1 Å². The number of anilines is 3. The van der Waals surface area contributed by atoms with Crippen LogP contribution in [0.2, 0.25) is 0 Å². The summed E-state index contributed by atoms with van der Waals surface area (Å²) in [7, 11) is -4.19. The minimum Gasteiger partial charge on any atom is -0.423 e. The van der Waals surface area contributed by atoms with Gasteiger partial charge in [-0.05, 0) is 41.3 Å². The Kier molecular flexibility index (Phi) is 6.03. The van der Waals surface area contributed by atoms with Crippen LogP contribution < -0.4 is 20.5 Å². The van der Waals surface area contributed by atoms with Gasteiger partial charge >= 0.3 is 12.3 Å². The summed E-state index contributed by atoms with van der Waals surface area (Å²) in [6.45, 7) is 5.73. The zero-order chi connectivity index (χ0) is 27.5. The normalized spacial score (nSPS) is 17.6. The molecule has 3 aromatic rings.